The Morgan fingerprint density at radius 1 is 1.44 bits per heavy atom. The van der Waals surface area contributed by atoms with Gasteiger partial charge in [0.15, 0.2) is 9.84 Å². The van der Waals surface area contributed by atoms with Crippen molar-refractivity contribution in [3.8, 4) is 6.07 Å². The lowest BCUT2D eigenvalue weighted by Gasteiger charge is -2.36. The summed E-state index contributed by atoms with van der Waals surface area (Å²) < 4.78 is 22.7. The van der Waals surface area contributed by atoms with Gasteiger partial charge in [-0.25, -0.2) is 8.42 Å². The van der Waals surface area contributed by atoms with E-state index in [1.807, 2.05) is 13.8 Å². The summed E-state index contributed by atoms with van der Waals surface area (Å²) in [5.74, 6) is 0.476. The predicted molar refractivity (Wildman–Crippen MR) is 72.0 cm³/mol. The Morgan fingerprint density at radius 3 is 2.44 bits per heavy atom. The lowest BCUT2D eigenvalue weighted by molar-refractivity contribution is 0.190. The molecule has 0 radical (unpaired) electrons. The molecule has 104 valence electrons. The van der Waals surface area contributed by atoms with Crippen LogP contribution in [-0.4, -0.2) is 56.0 Å². The third-order valence-corrected chi connectivity index (χ3v) is 5.13. The van der Waals surface area contributed by atoms with Crippen LogP contribution in [0.5, 0.6) is 0 Å². The van der Waals surface area contributed by atoms with Crippen molar-refractivity contribution in [2.75, 3.05) is 31.1 Å². The van der Waals surface area contributed by atoms with Crippen LogP contribution >= 0.6 is 0 Å². The summed E-state index contributed by atoms with van der Waals surface area (Å²) in [6, 6.07) is 2.52. The molecular weight excluding hydrogens is 250 g/mol. The van der Waals surface area contributed by atoms with E-state index in [2.05, 4.69) is 23.2 Å². The minimum Gasteiger partial charge on any atom is -0.300 e. The van der Waals surface area contributed by atoms with Crippen LogP contribution in [0.3, 0.4) is 0 Å². The van der Waals surface area contributed by atoms with E-state index in [4.69, 9.17) is 0 Å². The van der Waals surface area contributed by atoms with Crippen molar-refractivity contribution < 1.29 is 8.42 Å². The van der Waals surface area contributed by atoms with Gasteiger partial charge in [0.2, 0.25) is 0 Å². The molecule has 1 heterocycles. The highest BCUT2D eigenvalue weighted by Gasteiger charge is 2.30. The molecule has 1 aliphatic rings. The quantitative estimate of drug-likeness (QED) is 0.784. The van der Waals surface area contributed by atoms with Gasteiger partial charge in [0.1, 0.15) is 5.54 Å². The van der Waals surface area contributed by atoms with Crippen molar-refractivity contribution in [1.29, 1.82) is 5.26 Å². The highest BCUT2D eigenvalue weighted by molar-refractivity contribution is 7.91. The number of nitriles is 1. The van der Waals surface area contributed by atoms with Crippen molar-refractivity contribution in [3.63, 3.8) is 0 Å². The average Bonchev–Trinajstić information content (AvgIpc) is 2.29. The largest absolute Gasteiger partial charge is 0.300 e. The minimum atomic E-state index is -2.83. The van der Waals surface area contributed by atoms with Crippen LogP contribution in [0.2, 0.25) is 0 Å². The topological polar surface area (TPSA) is 73.2 Å². The van der Waals surface area contributed by atoms with E-state index < -0.39 is 15.4 Å². The second-order valence-corrected chi connectivity index (χ2v) is 7.52. The Kier molecular flexibility index (Phi) is 5.14. The fourth-order valence-electron chi connectivity index (χ4n) is 2.43. The van der Waals surface area contributed by atoms with Gasteiger partial charge in [-0.3, -0.25) is 10.2 Å². The number of nitrogens with zero attached hydrogens (tertiary/aromatic N) is 2. The molecule has 0 spiro atoms. The zero-order chi connectivity index (χ0) is 13.8. The number of hydrogen-bond donors (Lipinski definition) is 1. The molecule has 5 nitrogen and oxygen atoms in total. The molecular formula is C12H23N3O2S. The molecule has 1 N–H and O–H groups in total. The van der Waals surface area contributed by atoms with Crippen LogP contribution in [0.1, 0.15) is 27.2 Å². The molecule has 0 bridgehead atoms. The fraction of sp³-hybridized carbons (Fsp3) is 0.917. The first-order valence-corrected chi connectivity index (χ1v) is 8.25. The van der Waals surface area contributed by atoms with E-state index in [0.717, 1.165) is 6.54 Å². The van der Waals surface area contributed by atoms with E-state index in [9.17, 15) is 13.7 Å². The zero-order valence-corrected chi connectivity index (χ0v) is 12.3. The number of rotatable bonds is 5. The first kappa shape index (κ1) is 15.4. The Morgan fingerprint density at radius 2 is 2.00 bits per heavy atom. The second kappa shape index (κ2) is 6.00. The lowest BCUT2D eigenvalue weighted by atomic mass is 9.94. The van der Waals surface area contributed by atoms with Crippen LogP contribution in [0.15, 0.2) is 0 Å². The lowest BCUT2D eigenvalue weighted by Crippen LogP contribution is -2.50. The molecule has 0 saturated carbocycles. The molecule has 1 rings (SSSR count). The number of sulfone groups is 1. The molecule has 0 aliphatic carbocycles. The van der Waals surface area contributed by atoms with Crippen molar-refractivity contribution >= 4 is 9.84 Å². The van der Waals surface area contributed by atoms with Gasteiger partial charge < -0.3 is 0 Å². The number of nitrogens with one attached hydrogen (secondary N) is 1. The highest BCUT2D eigenvalue weighted by Crippen LogP contribution is 2.17. The molecule has 2 unspecified atom stereocenters. The molecule has 6 heteroatoms. The van der Waals surface area contributed by atoms with Crippen molar-refractivity contribution in [2.24, 2.45) is 0 Å². The summed E-state index contributed by atoms with van der Waals surface area (Å²) in [5.41, 5.74) is -0.537. The van der Waals surface area contributed by atoms with Gasteiger partial charge in [-0.2, -0.15) is 5.26 Å². The zero-order valence-electron chi connectivity index (χ0n) is 11.4. The summed E-state index contributed by atoms with van der Waals surface area (Å²) in [7, 11) is -2.83. The fourth-order valence-corrected chi connectivity index (χ4v) is 3.66. The predicted octanol–water partition coefficient (Wildman–Crippen LogP) is 0.387. The monoisotopic (exact) mass is 273 g/mol. The van der Waals surface area contributed by atoms with E-state index in [0.29, 0.717) is 19.5 Å². The first-order chi connectivity index (χ1) is 8.32. The summed E-state index contributed by atoms with van der Waals surface area (Å²) in [5, 5.41) is 12.4. The Hall–Kier alpha value is -0.640. The van der Waals surface area contributed by atoms with Crippen molar-refractivity contribution in [3.05, 3.63) is 0 Å². The molecule has 2 atom stereocenters. The van der Waals surface area contributed by atoms with Gasteiger partial charge in [0.05, 0.1) is 17.6 Å². The standard InChI is InChI=1S/C12H23N3O2S/c1-4-14-12(3,10-13)9-11(2)15-5-7-18(16,17)8-6-15/h11,14H,4-9H2,1-3H3. The molecule has 0 aromatic heterocycles. The molecule has 1 fully saturated rings. The molecule has 0 aromatic carbocycles. The summed E-state index contributed by atoms with van der Waals surface area (Å²) in [6.07, 6.45) is 0.706. The minimum absolute atomic E-state index is 0.212. The average molecular weight is 273 g/mol. The van der Waals surface area contributed by atoms with Gasteiger partial charge in [0, 0.05) is 19.1 Å². The van der Waals surface area contributed by atoms with Crippen LogP contribution in [-0.2, 0) is 9.84 Å². The van der Waals surface area contributed by atoms with Gasteiger partial charge in [0.25, 0.3) is 0 Å². The van der Waals surface area contributed by atoms with Gasteiger partial charge in [-0.05, 0) is 26.8 Å². The van der Waals surface area contributed by atoms with Gasteiger partial charge in [-0.15, -0.1) is 0 Å². The van der Waals surface area contributed by atoms with E-state index in [1.165, 1.54) is 0 Å². The third kappa shape index (κ3) is 4.23. The third-order valence-electron chi connectivity index (χ3n) is 3.52. The second-order valence-electron chi connectivity index (χ2n) is 5.22. The first-order valence-electron chi connectivity index (χ1n) is 6.42. The van der Waals surface area contributed by atoms with E-state index in [-0.39, 0.29) is 17.5 Å². The van der Waals surface area contributed by atoms with Crippen LogP contribution in [0, 0.1) is 11.3 Å². The Balaban J connectivity index is 2.56. The van der Waals surface area contributed by atoms with Gasteiger partial charge >= 0.3 is 0 Å². The smallest absolute Gasteiger partial charge is 0.152 e. The van der Waals surface area contributed by atoms with E-state index >= 15 is 0 Å². The number of hydrogen-bond acceptors (Lipinski definition) is 5. The van der Waals surface area contributed by atoms with Crippen LogP contribution in [0.25, 0.3) is 0 Å². The SMILES string of the molecule is CCNC(C)(C#N)CC(C)N1CCS(=O)(=O)CC1. The highest BCUT2D eigenvalue weighted by atomic mass is 32.2. The molecule has 1 aliphatic heterocycles. The Bertz CT molecular complexity index is 402. The molecule has 1 saturated heterocycles. The summed E-state index contributed by atoms with van der Waals surface area (Å²) in [6.45, 7) is 7.85. The summed E-state index contributed by atoms with van der Waals surface area (Å²) >= 11 is 0. The maximum atomic E-state index is 11.4. The molecule has 0 aromatic rings. The van der Waals surface area contributed by atoms with Crippen LogP contribution in [0.4, 0.5) is 0 Å². The Labute approximate surface area is 110 Å². The van der Waals surface area contributed by atoms with Crippen molar-refractivity contribution in [1.82, 2.24) is 10.2 Å². The normalized spacial score (nSPS) is 25.0. The van der Waals surface area contributed by atoms with Crippen molar-refractivity contribution in [2.45, 2.75) is 38.8 Å². The van der Waals surface area contributed by atoms with E-state index in [1.54, 1.807) is 0 Å². The maximum Gasteiger partial charge on any atom is 0.152 e. The molecule has 0 amide bonds. The van der Waals surface area contributed by atoms with Crippen LogP contribution < -0.4 is 5.32 Å². The maximum absolute atomic E-state index is 11.4. The summed E-state index contributed by atoms with van der Waals surface area (Å²) in [4.78, 5) is 2.16. The molecule has 18 heavy (non-hydrogen) atoms. The van der Waals surface area contributed by atoms with Gasteiger partial charge in [-0.1, -0.05) is 6.92 Å².